The van der Waals surface area contributed by atoms with Gasteiger partial charge in [-0.15, -0.1) is 0 Å². The first-order valence-corrected chi connectivity index (χ1v) is 8.23. The zero-order valence-corrected chi connectivity index (χ0v) is 15.0. The summed E-state index contributed by atoms with van der Waals surface area (Å²) in [7, 11) is 0. The smallest absolute Gasteiger partial charge is 0.338 e. The number of hydrogen-bond acceptors (Lipinski definition) is 4. The van der Waals surface area contributed by atoms with E-state index >= 15 is 0 Å². The van der Waals surface area contributed by atoms with E-state index in [1.807, 2.05) is 32.9 Å². The fourth-order valence-electron chi connectivity index (χ4n) is 2.24. The molecule has 25 heavy (non-hydrogen) atoms. The molecule has 132 valence electrons. The maximum atomic E-state index is 12.3. The Morgan fingerprint density at radius 3 is 2.48 bits per heavy atom. The average Bonchev–Trinajstić information content (AvgIpc) is 2.59. The van der Waals surface area contributed by atoms with Crippen molar-refractivity contribution in [1.29, 1.82) is 0 Å². The summed E-state index contributed by atoms with van der Waals surface area (Å²) >= 11 is 0. The topological polar surface area (TPSA) is 64.6 Å². The second kappa shape index (κ2) is 8.33. The van der Waals surface area contributed by atoms with E-state index < -0.39 is 18.0 Å². The molecule has 0 saturated carbocycles. The van der Waals surface area contributed by atoms with Gasteiger partial charge in [-0.3, -0.25) is 4.79 Å². The van der Waals surface area contributed by atoms with Gasteiger partial charge in [0.15, 0.2) is 6.10 Å². The van der Waals surface area contributed by atoms with Gasteiger partial charge in [0.05, 0.1) is 17.9 Å². The normalized spacial score (nSPS) is 11.5. The Morgan fingerprint density at radius 2 is 1.80 bits per heavy atom. The Morgan fingerprint density at radius 1 is 1.08 bits per heavy atom. The third-order valence-electron chi connectivity index (χ3n) is 3.84. The predicted octanol–water partition coefficient (Wildman–Crippen LogP) is 3.89. The van der Waals surface area contributed by atoms with Crippen LogP contribution in [-0.4, -0.2) is 24.6 Å². The van der Waals surface area contributed by atoms with Gasteiger partial charge in [-0.2, -0.15) is 0 Å². The number of benzene rings is 2. The first-order valence-electron chi connectivity index (χ1n) is 8.23. The van der Waals surface area contributed by atoms with E-state index in [9.17, 15) is 9.59 Å². The maximum absolute atomic E-state index is 12.3. The minimum absolute atomic E-state index is 0.413. The van der Waals surface area contributed by atoms with E-state index in [1.165, 1.54) is 6.92 Å². The van der Waals surface area contributed by atoms with Crippen LogP contribution in [0.3, 0.4) is 0 Å². The number of amides is 1. The molecule has 0 heterocycles. The van der Waals surface area contributed by atoms with Crippen molar-refractivity contribution in [3.8, 4) is 5.75 Å². The van der Waals surface area contributed by atoms with E-state index in [1.54, 1.807) is 30.3 Å². The summed E-state index contributed by atoms with van der Waals surface area (Å²) in [5, 5.41) is 2.73. The highest BCUT2D eigenvalue weighted by Crippen LogP contribution is 2.24. The van der Waals surface area contributed by atoms with Gasteiger partial charge >= 0.3 is 5.97 Å². The van der Waals surface area contributed by atoms with Crippen LogP contribution >= 0.6 is 0 Å². The molecule has 0 unspecified atom stereocenters. The van der Waals surface area contributed by atoms with Crippen LogP contribution in [-0.2, 0) is 9.53 Å². The van der Waals surface area contributed by atoms with Gasteiger partial charge in [-0.05, 0) is 63.1 Å². The average molecular weight is 341 g/mol. The lowest BCUT2D eigenvalue weighted by Gasteiger charge is -2.16. The second-order valence-electron chi connectivity index (χ2n) is 5.76. The number of aryl methyl sites for hydroxylation is 2. The molecule has 1 N–H and O–H groups in total. The summed E-state index contributed by atoms with van der Waals surface area (Å²) in [4.78, 5) is 24.5. The first-order chi connectivity index (χ1) is 11.9. The van der Waals surface area contributed by atoms with Crippen LogP contribution in [0.25, 0.3) is 0 Å². The predicted molar refractivity (Wildman–Crippen MR) is 97.0 cm³/mol. The molecule has 5 nitrogen and oxygen atoms in total. The highest BCUT2D eigenvalue weighted by Gasteiger charge is 2.20. The molecule has 2 rings (SSSR count). The van der Waals surface area contributed by atoms with Crippen molar-refractivity contribution in [1.82, 2.24) is 0 Å². The number of nitrogens with one attached hydrogen (secondary N) is 1. The molecule has 2 aromatic rings. The Kier molecular flexibility index (Phi) is 6.17. The van der Waals surface area contributed by atoms with Crippen LogP contribution in [0.4, 0.5) is 5.69 Å². The summed E-state index contributed by atoms with van der Waals surface area (Å²) in [6, 6.07) is 12.4. The Labute approximate surface area is 148 Å². The highest BCUT2D eigenvalue weighted by atomic mass is 16.5. The number of carbonyl (C=O) groups excluding carboxylic acids is 2. The second-order valence-corrected chi connectivity index (χ2v) is 5.76. The van der Waals surface area contributed by atoms with Crippen LogP contribution in [0.15, 0.2) is 42.5 Å². The van der Waals surface area contributed by atoms with Crippen molar-refractivity contribution < 1.29 is 19.1 Å². The van der Waals surface area contributed by atoms with Crippen molar-refractivity contribution in [2.24, 2.45) is 0 Å². The van der Waals surface area contributed by atoms with E-state index in [2.05, 4.69) is 5.32 Å². The molecule has 0 radical (unpaired) electrons. The zero-order valence-electron chi connectivity index (χ0n) is 15.0. The van der Waals surface area contributed by atoms with Crippen molar-refractivity contribution >= 4 is 17.6 Å². The third-order valence-corrected chi connectivity index (χ3v) is 3.84. The van der Waals surface area contributed by atoms with Gasteiger partial charge in [-0.25, -0.2) is 4.79 Å². The van der Waals surface area contributed by atoms with E-state index in [4.69, 9.17) is 9.47 Å². The molecule has 0 saturated heterocycles. The number of anilines is 1. The van der Waals surface area contributed by atoms with Gasteiger partial charge in [0, 0.05) is 0 Å². The number of esters is 1. The molecular weight excluding hydrogens is 318 g/mol. The summed E-state index contributed by atoms with van der Waals surface area (Å²) in [6.07, 6.45) is -0.927. The molecule has 0 aromatic heterocycles. The zero-order chi connectivity index (χ0) is 18.4. The molecule has 0 spiro atoms. The van der Waals surface area contributed by atoms with Gasteiger partial charge < -0.3 is 14.8 Å². The fourth-order valence-corrected chi connectivity index (χ4v) is 2.24. The number of ether oxygens (including phenoxy) is 2. The van der Waals surface area contributed by atoms with Crippen LogP contribution in [0.5, 0.6) is 5.75 Å². The molecular formula is C20H23NO4. The van der Waals surface area contributed by atoms with Gasteiger partial charge in [0.2, 0.25) is 0 Å². The van der Waals surface area contributed by atoms with Gasteiger partial charge in [0.1, 0.15) is 5.75 Å². The minimum atomic E-state index is -0.927. The quantitative estimate of drug-likeness (QED) is 0.810. The SMILES string of the molecule is CCOc1ccccc1NC(=O)[C@@H](C)OC(=O)c1ccc(C)c(C)c1. The highest BCUT2D eigenvalue weighted by molar-refractivity contribution is 5.98. The van der Waals surface area contributed by atoms with E-state index in [-0.39, 0.29) is 0 Å². The molecule has 0 aliphatic carbocycles. The first kappa shape index (κ1) is 18.5. The Hall–Kier alpha value is -2.82. The minimum Gasteiger partial charge on any atom is -0.492 e. The third kappa shape index (κ3) is 4.83. The maximum Gasteiger partial charge on any atom is 0.338 e. The molecule has 5 heteroatoms. The van der Waals surface area contributed by atoms with Crippen molar-refractivity contribution in [2.45, 2.75) is 33.8 Å². The van der Waals surface area contributed by atoms with Crippen molar-refractivity contribution in [3.05, 3.63) is 59.2 Å². The Balaban J connectivity index is 2.02. The van der Waals surface area contributed by atoms with Gasteiger partial charge in [0.25, 0.3) is 5.91 Å². The van der Waals surface area contributed by atoms with Gasteiger partial charge in [-0.1, -0.05) is 18.2 Å². The molecule has 2 aromatic carbocycles. The van der Waals surface area contributed by atoms with Crippen molar-refractivity contribution in [2.75, 3.05) is 11.9 Å². The molecule has 1 atom stereocenters. The standard InChI is InChI=1S/C20H23NO4/c1-5-24-18-9-7-6-8-17(18)21-19(22)15(4)25-20(23)16-11-10-13(2)14(3)12-16/h6-12,15H,5H2,1-4H3,(H,21,22)/t15-/m1/s1. The lowest BCUT2D eigenvalue weighted by Crippen LogP contribution is -2.30. The van der Waals surface area contributed by atoms with E-state index in [0.717, 1.165) is 11.1 Å². The summed E-state index contributed by atoms with van der Waals surface area (Å²) in [6.45, 7) is 7.79. The summed E-state index contributed by atoms with van der Waals surface area (Å²) in [5.74, 6) is -0.362. The monoisotopic (exact) mass is 341 g/mol. The van der Waals surface area contributed by atoms with Crippen LogP contribution < -0.4 is 10.1 Å². The van der Waals surface area contributed by atoms with Crippen LogP contribution in [0.2, 0.25) is 0 Å². The molecule has 0 bridgehead atoms. The Bertz CT molecular complexity index is 770. The molecule has 0 aliphatic rings. The summed E-state index contributed by atoms with van der Waals surface area (Å²) < 4.78 is 10.7. The molecule has 0 fully saturated rings. The molecule has 0 aliphatic heterocycles. The number of hydrogen-bond donors (Lipinski definition) is 1. The summed E-state index contributed by atoms with van der Waals surface area (Å²) in [5.41, 5.74) is 3.06. The lowest BCUT2D eigenvalue weighted by atomic mass is 10.1. The van der Waals surface area contributed by atoms with E-state index in [0.29, 0.717) is 23.6 Å². The largest absolute Gasteiger partial charge is 0.492 e. The fraction of sp³-hybridized carbons (Fsp3) is 0.300. The van der Waals surface area contributed by atoms with Crippen LogP contribution in [0, 0.1) is 13.8 Å². The van der Waals surface area contributed by atoms with Crippen molar-refractivity contribution in [3.63, 3.8) is 0 Å². The number of para-hydroxylation sites is 2. The lowest BCUT2D eigenvalue weighted by molar-refractivity contribution is -0.123. The molecule has 1 amide bonds. The number of rotatable bonds is 6. The number of carbonyl (C=O) groups is 2. The van der Waals surface area contributed by atoms with Crippen LogP contribution in [0.1, 0.15) is 35.3 Å².